The predicted octanol–water partition coefficient (Wildman–Crippen LogP) is 0.660. The summed E-state index contributed by atoms with van der Waals surface area (Å²) in [7, 11) is 0. The number of nitrogens with zero attached hydrogens (tertiary/aromatic N) is 1. The third-order valence-corrected chi connectivity index (χ3v) is 2.38. The van der Waals surface area contributed by atoms with Crippen LogP contribution in [0.25, 0.3) is 0 Å². The smallest absolute Gasteiger partial charge is 0.219 e. The fraction of sp³-hybridized carbons (Fsp3) is 0.900. The van der Waals surface area contributed by atoms with E-state index in [-0.39, 0.29) is 12.0 Å². The molecule has 0 N–H and O–H groups in total. The molecule has 0 bridgehead atoms. The second kappa shape index (κ2) is 5.98. The van der Waals surface area contributed by atoms with Gasteiger partial charge in [0.25, 0.3) is 0 Å². The van der Waals surface area contributed by atoms with Crippen LogP contribution in [0.3, 0.4) is 0 Å². The van der Waals surface area contributed by atoms with E-state index in [4.69, 9.17) is 9.47 Å². The van der Waals surface area contributed by atoms with Crippen molar-refractivity contribution in [3.05, 3.63) is 0 Å². The van der Waals surface area contributed by atoms with Crippen molar-refractivity contribution in [3.63, 3.8) is 0 Å². The number of carbonyl (C=O) groups excluding carboxylic acids is 1. The van der Waals surface area contributed by atoms with Gasteiger partial charge in [0.15, 0.2) is 0 Å². The normalized spacial score (nSPS) is 21.6. The van der Waals surface area contributed by atoms with Crippen LogP contribution < -0.4 is 0 Å². The molecule has 0 aromatic rings. The second-order valence-corrected chi connectivity index (χ2v) is 3.44. The Morgan fingerprint density at radius 1 is 1.50 bits per heavy atom. The van der Waals surface area contributed by atoms with Gasteiger partial charge in [-0.05, 0) is 13.3 Å². The highest BCUT2D eigenvalue weighted by molar-refractivity contribution is 5.73. The van der Waals surface area contributed by atoms with Gasteiger partial charge in [-0.25, -0.2) is 0 Å². The molecular weight excluding hydrogens is 182 g/mol. The molecule has 1 aliphatic heterocycles. The Morgan fingerprint density at radius 3 is 2.86 bits per heavy atom. The van der Waals surface area contributed by atoms with Crippen molar-refractivity contribution in [1.82, 2.24) is 4.90 Å². The average Bonchev–Trinajstić information content (AvgIpc) is 2.61. The fourth-order valence-corrected chi connectivity index (χ4v) is 1.57. The molecule has 4 heteroatoms. The van der Waals surface area contributed by atoms with E-state index in [1.165, 1.54) is 0 Å². The third-order valence-electron chi connectivity index (χ3n) is 2.38. The second-order valence-electron chi connectivity index (χ2n) is 3.44. The van der Waals surface area contributed by atoms with Crippen molar-refractivity contribution in [1.29, 1.82) is 0 Å². The van der Waals surface area contributed by atoms with E-state index in [0.29, 0.717) is 13.2 Å². The Hall–Kier alpha value is -0.610. The number of carbonyl (C=O) groups is 1. The minimum atomic E-state index is 0.140. The minimum absolute atomic E-state index is 0.140. The predicted molar refractivity (Wildman–Crippen MR) is 53.1 cm³/mol. The van der Waals surface area contributed by atoms with Crippen LogP contribution in [0.15, 0.2) is 0 Å². The first-order valence-electron chi connectivity index (χ1n) is 5.19. The first kappa shape index (κ1) is 11.5. The maximum atomic E-state index is 11.0. The van der Waals surface area contributed by atoms with Gasteiger partial charge in [-0.15, -0.1) is 0 Å². The largest absolute Gasteiger partial charge is 0.379 e. The molecule has 0 spiro atoms. The van der Waals surface area contributed by atoms with E-state index >= 15 is 0 Å². The zero-order valence-corrected chi connectivity index (χ0v) is 8.99. The van der Waals surface area contributed by atoms with Gasteiger partial charge in [-0.1, -0.05) is 0 Å². The van der Waals surface area contributed by atoms with E-state index in [2.05, 4.69) is 0 Å². The van der Waals surface area contributed by atoms with Crippen LogP contribution in [0, 0.1) is 0 Å². The molecule has 1 saturated heterocycles. The molecule has 1 heterocycles. The third kappa shape index (κ3) is 3.64. The zero-order valence-electron chi connectivity index (χ0n) is 8.99. The first-order valence-corrected chi connectivity index (χ1v) is 5.19. The van der Waals surface area contributed by atoms with Crippen LogP contribution in [0.5, 0.6) is 0 Å². The summed E-state index contributed by atoms with van der Waals surface area (Å²) in [5, 5.41) is 0. The van der Waals surface area contributed by atoms with Gasteiger partial charge >= 0.3 is 0 Å². The molecule has 1 unspecified atom stereocenters. The summed E-state index contributed by atoms with van der Waals surface area (Å²) in [5.74, 6) is 0.140. The molecule has 4 nitrogen and oxygen atoms in total. The molecule has 1 amide bonds. The lowest BCUT2D eigenvalue weighted by atomic mass is 10.3. The highest BCUT2D eigenvalue weighted by Crippen LogP contribution is 2.12. The molecule has 0 saturated carbocycles. The van der Waals surface area contributed by atoms with E-state index in [0.717, 1.165) is 26.1 Å². The summed E-state index contributed by atoms with van der Waals surface area (Å²) < 4.78 is 10.7. The lowest BCUT2D eigenvalue weighted by Crippen LogP contribution is -2.28. The lowest BCUT2D eigenvalue weighted by molar-refractivity contribution is -0.128. The minimum Gasteiger partial charge on any atom is -0.379 e. The monoisotopic (exact) mass is 201 g/mol. The van der Waals surface area contributed by atoms with Crippen molar-refractivity contribution in [2.75, 3.05) is 32.9 Å². The maximum Gasteiger partial charge on any atom is 0.219 e. The summed E-state index contributed by atoms with van der Waals surface area (Å²) >= 11 is 0. The Morgan fingerprint density at radius 2 is 2.29 bits per heavy atom. The molecule has 1 aliphatic rings. The number of hydrogen-bond donors (Lipinski definition) is 0. The van der Waals surface area contributed by atoms with Gasteiger partial charge in [0.2, 0.25) is 5.91 Å². The Kier molecular flexibility index (Phi) is 4.90. The molecule has 0 radical (unpaired) electrons. The molecule has 1 atom stereocenters. The van der Waals surface area contributed by atoms with Crippen molar-refractivity contribution < 1.29 is 14.3 Å². The van der Waals surface area contributed by atoms with Gasteiger partial charge < -0.3 is 14.4 Å². The molecule has 0 aromatic carbocycles. The molecular formula is C10H19NO3. The van der Waals surface area contributed by atoms with Crippen LogP contribution in [0.1, 0.15) is 20.3 Å². The zero-order chi connectivity index (χ0) is 10.4. The average molecular weight is 201 g/mol. The first-order chi connectivity index (χ1) is 6.74. The van der Waals surface area contributed by atoms with Crippen LogP contribution in [0.2, 0.25) is 0 Å². The molecule has 14 heavy (non-hydrogen) atoms. The summed E-state index contributed by atoms with van der Waals surface area (Å²) in [6.45, 7) is 7.14. The Bertz CT molecular complexity index is 184. The van der Waals surface area contributed by atoms with Crippen molar-refractivity contribution in [2.45, 2.75) is 26.4 Å². The molecule has 1 fully saturated rings. The number of hydrogen-bond acceptors (Lipinski definition) is 3. The van der Waals surface area contributed by atoms with Crippen LogP contribution in [-0.4, -0.2) is 49.8 Å². The summed E-state index contributed by atoms with van der Waals surface area (Å²) in [4.78, 5) is 12.8. The lowest BCUT2D eigenvalue weighted by Gasteiger charge is -2.14. The Balaban J connectivity index is 2.07. The summed E-state index contributed by atoms with van der Waals surface area (Å²) in [5.41, 5.74) is 0. The standard InChI is InChI=1S/C10H19NO3/c1-3-13-6-7-14-10-4-5-11(8-10)9(2)12/h10H,3-8H2,1-2H3. The van der Waals surface area contributed by atoms with Crippen LogP contribution in [0.4, 0.5) is 0 Å². The summed E-state index contributed by atoms with van der Waals surface area (Å²) in [6.07, 6.45) is 1.16. The summed E-state index contributed by atoms with van der Waals surface area (Å²) in [6, 6.07) is 0. The number of ether oxygens (including phenoxy) is 2. The number of likely N-dealkylation sites (tertiary alicyclic amines) is 1. The van der Waals surface area contributed by atoms with Gasteiger partial charge in [-0.3, -0.25) is 4.79 Å². The van der Waals surface area contributed by atoms with E-state index in [9.17, 15) is 4.79 Å². The number of amides is 1. The molecule has 82 valence electrons. The highest BCUT2D eigenvalue weighted by Gasteiger charge is 2.24. The topological polar surface area (TPSA) is 38.8 Å². The Labute approximate surface area is 85.2 Å². The van der Waals surface area contributed by atoms with Crippen LogP contribution >= 0.6 is 0 Å². The van der Waals surface area contributed by atoms with Crippen molar-refractivity contribution in [2.24, 2.45) is 0 Å². The van der Waals surface area contributed by atoms with E-state index in [1.54, 1.807) is 6.92 Å². The van der Waals surface area contributed by atoms with Crippen molar-refractivity contribution in [3.8, 4) is 0 Å². The van der Waals surface area contributed by atoms with Gasteiger partial charge in [-0.2, -0.15) is 0 Å². The van der Waals surface area contributed by atoms with Gasteiger partial charge in [0, 0.05) is 26.6 Å². The van der Waals surface area contributed by atoms with Crippen LogP contribution in [-0.2, 0) is 14.3 Å². The molecule has 0 aromatic heterocycles. The quantitative estimate of drug-likeness (QED) is 0.613. The maximum absolute atomic E-state index is 11.0. The van der Waals surface area contributed by atoms with Gasteiger partial charge in [0.1, 0.15) is 0 Å². The van der Waals surface area contributed by atoms with E-state index < -0.39 is 0 Å². The SMILES string of the molecule is CCOCCOC1CCN(C(C)=O)C1. The molecule has 1 rings (SSSR count). The number of rotatable bonds is 5. The van der Waals surface area contributed by atoms with E-state index in [1.807, 2.05) is 11.8 Å². The fourth-order valence-electron chi connectivity index (χ4n) is 1.57. The highest BCUT2D eigenvalue weighted by atomic mass is 16.5. The van der Waals surface area contributed by atoms with Crippen molar-refractivity contribution >= 4 is 5.91 Å². The van der Waals surface area contributed by atoms with Gasteiger partial charge in [0.05, 0.1) is 19.3 Å². The molecule has 0 aliphatic carbocycles.